The minimum atomic E-state index is -0.420. The standard InChI is InChI=1S/C14H21ClN2O.ClH/c1-10(2)9-13(16)14(18)17-8-7-11-5-3-4-6-12(11)15;/h3-6,10,13H,7-9,16H2,1-2H3,(H,17,18);1H/t13-;/m0./s1. The highest BCUT2D eigenvalue weighted by Crippen LogP contribution is 2.14. The molecule has 0 spiro atoms. The van der Waals surface area contributed by atoms with Gasteiger partial charge in [0.1, 0.15) is 0 Å². The Morgan fingerprint density at radius 2 is 2.00 bits per heavy atom. The number of rotatable bonds is 6. The molecule has 0 saturated carbocycles. The molecule has 5 heteroatoms. The maximum Gasteiger partial charge on any atom is 0.236 e. The average Bonchev–Trinajstić information content (AvgIpc) is 2.30. The van der Waals surface area contributed by atoms with E-state index in [1.165, 1.54) is 0 Å². The number of nitrogens with one attached hydrogen (secondary N) is 1. The Bertz CT molecular complexity index is 397. The Morgan fingerprint density at radius 1 is 1.37 bits per heavy atom. The molecule has 1 rings (SSSR count). The van der Waals surface area contributed by atoms with Crippen molar-refractivity contribution in [2.75, 3.05) is 6.54 Å². The summed E-state index contributed by atoms with van der Waals surface area (Å²) < 4.78 is 0. The number of hydrogen-bond acceptors (Lipinski definition) is 2. The van der Waals surface area contributed by atoms with Crippen LogP contribution in [0.25, 0.3) is 0 Å². The first-order valence-corrected chi connectivity index (χ1v) is 6.65. The molecule has 0 fully saturated rings. The van der Waals surface area contributed by atoms with E-state index >= 15 is 0 Å². The second-order valence-electron chi connectivity index (χ2n) is 4.87. The molecule has 0 aliphatic carbocycles. The lowest BCUT2D eigenvalue weighted by Crippen LogP contribution is -2.42. The Balaban J connectivity index is 0.00000324. The van der Waals surface area contributed by atoms with E-state index in [-0.39, 0.29) is 18.3 Å². The molecule has 1 atom stereocenters. The van der Waals surface area contributed by atoms with Crippen LogP contribution in [0.1, 0.15) is 25.8 Å². The lowest BCUT2D eigenvalue weighted by molar-refractivity contribution is -0.122. The Kier molecular flexibility index (Phi) is 8.81. The fourth-order valence-electron chi connectivity index (χ4n) is 1.77. The highest BCUT2D eigenvalue weighted by Gasteiger charge is 2.14. The van der Waals surface area contributed by atoms with Crippen molar-refractivity contribution in [2.45, 2.75) is 32.7 Å². The van der Waals surface area contributed by atoms with Gasteiger partial charge in [-0.05, 0) is 30.4 Å². The first-order valence-electron chi connectivity index (χ1n) is 6.27. The molecule has 0 saturated heterocycles. The van der Waals surface area contributed by atoms with Crippen LogP contribution in [0.15, 0.2) is 24.3 Å². The molecular formula is C14H22Cl2N2O. The highest BCUT2D eigenvalue weighted by atomic mass is 35.5. The largest absolute Gasteiger partial charge is 0.354 e. The van der Waals surface area contributed by atoms with Crippen LogP contribution in [-0.2, 0) is 11.2 Å². The minimum absolute atomic E-state index is 0. The van der Waals surface area contributed by atoms with Crippen LogP contribution >= 0.6 is 24.0 Å². The van der Waals surface area contributed by atoms with Crippen molar-refractivity contribution >= 4 is 29.9 Å². The Hall–Kier alpha value is -0.770. The van der Waals surface area contributed by atoms with Gasteiger partial charge in [0.2, 0.25) is 5.91 Å². The lowest BCUT2D eigenvalue weighted by atomic mass is 10.0. The summed E-state index contributed by atoms with van der Waals surface area (Å²) in [6.45, 7) is 4.67. The number of benzene rings is 1. The van der Waals surface area contributed by atoms with Gasteiger partial charge in [-0.3, -0.25) is 4.79 Å². The van der Waals surface area contributed by atoms with Crippen LogP contribution in [0, 0.1) is 5.92 Å². The molecule has 1 aromatic carbocycles. The summed E-state index contributed by atoms with van der Waals surface area (Å²) in [5, 5.41) is 3.58. The second-order valence-corrected chi connectivity index (χ2v) is 5.28. The third-order valence-electron chi connectivity index (χ3n) is 2.71. The molecule has 108 valence electrons. The van der Waals surface area contributed by atoms with Gasteiger partial charge in [0.05, 0.1) is 6.04 Å². The monoisotopic (exact) mass is 304 g/mol. The number of hydrogen-bond donors (Lipinski definition) is 2. The van der Waals surface area contributed by atoms with Gasteiger partial charge in [-0.1, -0.05) is 43.6 Å². The maximum atomic E-state index is 11.7. The summed E-state index contributed by atoms with van der Waals surface area (Å²) in [4.78, 5) is 11.7. The van der Waals surface area contributed by atoms with Crippen LogP contribution < -0.4 is 11.1 Å². The normalized spacial score (nSPS) is 11.8. The molecular weight excluding hydrogens is 283 g/mol. The Labute approximate surface area is 126 Å². The van der Waals surface area contributed by atoms with Gasteiger partial charge in [-0.25, -0.2) is 0 Å². The average molecular weight is 305 g/mol. The SMILES string of the molecule is CC(C)C[C@H](N)C(=O)NCCc1ccccc1Cl.Cl. The van der Waals surface area contributed by atoms with E-state index in [9.17, 15) is 4.79 Å². The zero-order valence-corrected chi connectivity index (χ0v) is 12.9. The molecule has 0 aliphatic heterocycles. The molecule has 1 amide bonds. The van der Waals surface area contributed by atoms with E-state index in [1.54, 1.807) is 0 Å². The third-order valence-corrected chi connectivity index (χ3v) is 3.08. The first kappa shape index (κ1) is 18.2. The summed E-state index contributed by atoms with van der Waals surface area (Å²) in [5.41, 5.74) is 6.83. The van der Waals surface area contributed by atoms with E-state index < -0.39 is 6.04 Å². The molecule has 0 aromatic heterocycles. The minimum Gasteiger partial charge on any atom is -0.354 e. The number of amides is 1. The zero-order valence-electron chi connectivity index (χ0n) is 11.4. The van der Waals surface area contributed by atoms with E-state index in [4.69, 9.17) is 17.3 Å². The number of nitrogens with two attached hydrogens (primary N) is 1. The summed E-state index contributed by atoms with van der Waals surface area (Å²) in [6, 6.07) is 7.22. The molecule has 19 heavy (non-hydrogen) atoms. The van der Waals surface area contributed by atoms with Crippen LogP contribution in [-0.4, -0.2) is 18.5 Å². The quantitative estimate of drug-likeness (QED) is 0.849. The van der Waals surface area contributed by atoms with Crippen LogP contribution in [0.4, 0.5) is 0 Å². The topological polar surface area (TPSA) is 55.1 Å². The number of carbonyl (C=O) groups excluding carboxylic acids is 1. The lowest BCUT2D eigenvalue weighted by Gasteiger charge is -2.14. The summed E-state index contributed by atoms with van der Waals surface area (Å²) in [5.74, 6) is 0.338. The predicted octanol–water partition coefficient (Wildman–Crippen LogP) is 2.79. The van der Waals surface area contributed by atoms with Crippen molar-refractivity contribution in [2.24, 2.45) is 11.7 Å². The fraction of sp³-hybridized carbons (Fsp3) is 0.500. The molecule has 1 aromatic rings. The van der Waals surface area contributed by atoms with Crippen molar-refractivity contribution < 1.29 is 4.79 Å². The fourth-order valence-corrected chi connectivity index (χ4v) is 2.00. The predicted molar refractivity (Wildman–Crippen MR) is 82.8 cm³/mol. The smallest absolute Gasteiger partial charge is 0.236 e. The van der Waals surface area contributed by atoms with Crippen molar-refractivity contribution in [3.63, 3.8) is 0 Å². The highest BCUT2D eigenvalue weighted by molar-refractivity contribution is 6.31. The van der Waals surface area contributed by atoms with Gasteiger partial charge < -0.3 is 11.1 Å². The van der Waals surface area contributed by atoms with E-state index in [0.29, 0.717) is 18.9 Å². The van der Waals surface area contributed by atoms with Gasteiger partial charge in [-0.15, -0.1) is 12.4 Å². The number of carbonyl (C=O) groups is 1. The molecule has 0 unspecified atom stereocenters. The van der Waals surface area contributed by atoms with Gasteiger partial charge in [0.15, 0.2) is 0 Å². The molecule has 0 radical (unpaired) electrons. The van der Waals surface area contributed by atoms with Crippen LogP contribution in [0.3, 0.4) is 0 Å². The van der Waals surface area contributed by atoms with Crippen LogP contribution in [0.2, 0.25) is 5.02 Å². The number of halogens is 2. The van der Waals surface area contributed by atoms with Gasteiger partial charge in [0.25, 0.3) is 0 Å². The van der Waals surface area contributed by atoms with E-state index in [1.807, 2.05) is 24.3 Å². The van der Waals surface area contributed by atoms with E-state index in [0.717, 1.165) is 17.0 Å². The van der Waals surface area contributed by atoms with Crippen molar-refractivity contribution in [1.82, 2.24) is 5.32 Å². The third kappa shape index (κ3) is 6.81. The van der Waals surface area contributed by atoms with Gasteiger partial charge in [0, 0.05) is 11.6 Å². The second kappa shape index (κ2) is 9.18. The Morgan fingerprint density at radius 3 is 2.58 bits per heavy atom. The van der Waals surface area contributed by atoms with Crippen molar-refractivity contribution in [3.05, 3.63) is 34.9 Å². The summed E-state index contributed by atoms with van der Waals surface area (Å²) >= 11 is 6.03. The zero-order chi connectivity index (χ0) is 13.5. The molecule has 3 nitrogen and oxygen atoms in total. The van der Waals surface area contributed by atoms with Crippen molar-refractivity contribution in [1.29, 1.82) is 0 Å². The molecule has 0 heterocycles. The van der Waals surface area contributed by atoms with Gasteiger partial charge in [-0.2, -0.15) is 0 Å². The van der Waals surface area contributed by atoms with Crippen LogP contribution in [0.5, 0.6) is 0 Å². The van der Waals surface area contributed by atoms with Crippen molar-refractivity contribution in [3.8, 4) is 0 Å². The molecule has 0 bridgehead atoms. The molecule has 0 aliphatic rings. The first-order chi connectivity index (χ1) is 8.50. The summed E-state index contributed by atoms with van der Waals surface area (Å²) in [7, 11) is 0. The maximum absolute atomic E-state index is 11.7. The van der Waals surface area contributed by atoms with E-state index in [2.05, 4.69) is 19.2 Å². The molecule has 3 N–H and O–H groups in total. The van der Waals surface area contributed by atoms with Gasteiger partial charge >= 0.3 is 0 Å². The summed E-state index contributed by atoms with van der Waals surface area (Å²) in [6.07, 6.45) is 1.43.